The molecule has 4 aromatic rings. The molecular formula is C28H27ClFN7O3. The van der Waals surface area contributed by atoms with Crippen molar-refractivity contribution in [3.05, 3.63) is 88.0 Å². The van der Waals surface area contributed by atoms with Crippen molar-refractivity contribution in [1.29, 1.82) is 0 Å². The van der Waals surface area contributed by atoms with Gasteiger partial charge in [-0.25, -0.2) is 14.4 Å². The number of carbonyl (C=O) groups is 2. The van der Waals surface area contributed by atoms with Crippen LogP contribution in [0.4, 0.5) is 16.2 Å². The van der Waals surface area contributed by atoms with Gasteiger partial charge in [-0.1, -0.05) is 47.5 Å². The number of anilines is 2. The fourth-order valence-corrected chi connectivity index (χ4v) is 4.85. The summed E-state index contributed by atoms with van der Waals surface area (Å²) < 4.78 is 17.5. The Morgan fingerprint density at radius 1 is 1.25 bits per heavy atom. The van der Waals surface area contributed by atoms with Crippen LogP contribution in [0.15, 0.2) is 54.9 Å². The van der Waals surface area contributed by atoms with Crippen LogP contribution < -0.4 is 10.6 Å². The van der Waals surface area contributed by atoms with E-state index in [1.165, 1.54) is 17.2 Å². The Morgan fingerprint density at radius 3 is 2.75 bits per heavy atom. The number of carbonyl (C=O) groups excluding carboxylic acids is 2. The molecule has 0 bridgehead atoms. The number of aromatic nitrogens is 4. The molecule has 12 heteroatoms. The maximum atomic E-state index is 15.9. The van der Waals surface area contributed by atoms with Crippen molar-refractivity contribution in [3.8, 4) is 11.3 Å². The third kappa shape index (κ3) is 5.13. The van der Waals surface area contributed by atoms with E-state index in [9.17, 15) is 14.7 Å². The summed E-state index contributed by atoms with van der Waals surface area (Å²) in [6.07, 6.45) is 2.95. The van der Waals surface area contributed by atoms with Crippen LogP contribution in [-0.2, 0) is 18.4 Å². The molecule has 1 aliphatic heterocycles. The minimum absolute atomic E-state index is 0.0336. The predicted octanol–water partition coefficient (Wildman–Crippen LogP) is 3.92. The van der Waals surface area contributed by atoms with E-state index >= 15 is 4.39 Å². The Kier molecular flexibility index (Phi) is 7.51. The van der Waals surface area contributed by atoms with Gasteiger partial charge in [0.25, 0.3) is 5.91 Å². The number of hydrogen-bond acceptors (Lipinski definition) is 7. The van der Waals surface area contributed by atoms with Crippen LogP contribution in [0.1, 0.15) is 40.0 Å². The van der Waals surface area contributed by atoms with Crippen molar-refractivity contribution < 1.29 is 19.1 Å². The molecule has 206 valence electrons. The van der Waals surface area contributed by atoms with E-state index in [0.29, 0.717) is 11.4 Å². The Bertz CT molecular complexity index is 1610. The zero-order chi connectivity index (χ0) is 28.6. The van der Waals surface area contributed by atoms with Gasteiger partial charge in [0.05, 0.1) is 41.3 Å². The van der Waals surface area contributed by atoms with Crippen molar-refractivity contribution in [3.63, 3.8) is 0 Å². The third-order valence-corrected chi connectivity index (χ3v) is 7.17. The molecule has 0 fully saturated rings. The largest absolute Gasteiger partial charge is 0.394 e. The molecule has 10 nitrogen and oxygen atoms in total. The third-order valence-electron chi connectivity index (χ3n) is 6.89. The molecule has 2 amide bonds. The summed E-state index contributed by atoms with van der Waals surface area (Å²) in [6, 6.07) is 10.7. The van der Waals surface area contributed by atoms with Crippen LogP contribution in [0.3, 0.4) is 0 Å². The van der Waals surface area contributed by atoms with E-state index in [4.69, 9.17) is 11.6 Å². The molecule has 0 spiro atoms. The van der Waals surface area contributed by atoms with E-state index in [-0.39, 0.29) is 40.9 Å². The lowest BCUT2D eigenvalue weighted by Gasteiger charge is -2.26. The molecule has 2 unspecified atom stereocenters. The average molecular weight is 564 g/mol. The van der Waals surface area contributed by atoms with Crippen LogP contribution in [-0.4, -0.2) is 54.2 Å². The second kappa shape index (κ2) is 11.0. The number of rotatable bonds is 8. The summed E-state index contributed by atoms with van der Waals surface area (Å²) in [6.45, 7) is 3.22. The van der Waals surface area contributed by atoms with Gasteiger partial charge in [0.2, 0.25) is 11.9 Å². The van der Waals surface area contributed by atoms with Gasteiger partial charge in [0.15, 0.2) is 0 Å². The van der Waals surface area contributed by atoms with Crippen LogP contribution in [0.25, 0.3) is 11.3 Å². The Hall–Kier alpha value is -4.35. The highest BCUT2D eigenvalue weighted by atomic mass is 35.5. The fraction of sp³-hybridized carbons (Fsp3) is 0.250. The van der Waals surface area contributed by atoms with E-state index in [1.54, 1.807) is 37.0 Å². The predicted molar refractivity (Wildman–Crippen MR) is 147 cm³/mol. The van der Waals surface area contributed by atoms with Gasteiger partial charge in [0.1, 0.15) is 17.7 Å². The molecule has 2 aromatic heterocycles. The first-order valence-corrected chi connectivity index (χ1v) is 12.9. The molecule has 2 atom stereocenters. The number of benzene rings is 2. The fourth-order valence-electron chi connectivity index (χ4n) is 4.66. The normalized spacial score (nSPS) is 14.2. The van der Waals surface area contributed by atoms with Crippen LogP contribution in [0.5, 0.6) is 0 Å². The number of nitrogens with zero attached hydrogens (tertiary/aromatic N) is 5. The van der Waals surface area contributed by atoms with Crippen LogP contribution >= 0.6 is 11.6 Å². The number of aliphatic hydroxyl groups is 1. The zero-order valence-corrected chi connectivity index (χ0v) is 22.8. The van der Waals surface area contributed by atoms with Crippen molar-refractivity contribution in [2.75, 3.05) is 11.9 Å². The van der Waals surface area contributed by atoms with E-state index in [1.807, 2.05) is 31.2 Å². The molecule has 5 rings (SSSR count). The number of fused-ring (bicyclic) bond motifs is 1. The molecule has 0 aliphatic carbocycles. The molecule has 0 saturated carbocycles. The van der Waals surface area contributed by atoms with Gasteiger partial charge in [-0.2, -0.15) is 5.10 Å². The summed E-state index contributed by atoms with van der Waals surface area (Å²) >= 11 is 6.34. The molecule has 1 aliphatic rings. The number of nitrogens with one attached hydrogen (secondary N) is 2. The molecular weight excluding hydrogens is 537 g/mol. The van der Waals surface area contributed by atoms with Crippen LogP contribution in [0.2, 0.25) is 5.02 Å². The second-order valence-electron chi connectivity index (χ2n) is 9.58. The summed E-state index contributed by atoms with van der Waals surface area (Å²) in [5, 5.41) is 19.9. The van der Waals surface area contributed by atoms with Gasteiger partial charge in [-0.05, 0) is 31.0 Å². The number of hydrogen-bond donors (Lipinski definition) is 3. The minimum atomic E-state index is -0.918. The highest BCUT2D eigenvalue weighted by Crippen LogP contribution is 2.35. The van der Waals surface area contributed by atoms with Gasteiger partial charge >= 0.3 is 0 Å². The second-order valence-corrected chi connectivity index (χ2v) is 9.99. The molecule has 3 heterocycles. The maximum absolute atomic E-state index is 15.9. The minimum Gasteiger partial charge on any atom is -0.394 e. The molecule has 2 aromatic carbocycles. The first kappa shape index (κ1) is 27.2. The average Bonchev–Trinajstić information content (AvgIpc) is 3.50. The number of aliphatic hydroxyl groups excluding tert-OH is 1. The monoisotopic (exact) mass is 563 g/mol. The zero-order valence-electron chi connectivity index (χ0n) is 22.0. The quantitative estimate of drug-likeness (QED) is 0.297. The van der Waals surface area contributed by atoms with Gasteiger partial charge in [0, 0.05) is 25.2 Å². The summed E-state index contributed by atoms with van der Waals surface area (Å²) in [5.74, 6) is -1.07. The molecule has 3 N–H and O–H groups in total. The Labute approximate surface area is 234 Å². The lowest BCUT2D eigenvalue weighted by Crippen LogP contribution is -2.46. The summed E-state index contributed by atoms with van der Waals surface area (Å²) in [5.41, 5.74) is 2.19. The summed E-state index contributed by atoms with van der Waals surface area (Å²) in [7, 11) is 1.74. The van der Waals surface area contributed by atoms with Gasteiger partial charge in [-0.3, -0.25) is 14.3 Å². The highest BCUT2D eigenvalue weighted by molar-refractivity contribution is 6.33. The lowest BCUT2D eigenvalue weighted by molar-refractivity contribution is -0.126. The Balaban J connectivity index is 1.38. The summed E-state index contributed by atoms with van der Waals surface area (Å²) in [4.78, 5) is 36.3. The first-order chi connectivity index (χ1) is 19.2. The van der Waals surface area contributed by atoms with Crippen molar-refractivity contribution in [1.82, 2.24) is 30.0 Å². The standard InChI is InChI=1S/C28H27ClFN7O3/c1-15-5-4-6-17(11-15)21(14-38)33-26(39)16(2)37-13-18-7-8-19(24(30)23(18)27(37)40)25-20(29)12-31-28(35-25)34-22-9-10-32-36(22)3/h4-12,16,21,38H,13-14H2,1-3H3,(H,33,39)(H,31,34,35). The topological polar surface area (TPSA) is 125 Å². The van der Waals surface area contributed by atoms with E-state index < -0.39 is 29.7 Å². The number of aryl methyl sites for hydroxylation is 2. The molecule has 0 saturated heterocycles. The first-order valence-electron chi connectivity index (χ1n) is 12.6. The van der Waals surface area contributed by atoms with E-state index in [0.717, 1.165) is 11.1 Å². The number of amides is 2. The number of halogens is 2. The van der Waals surface area contributed by atoms with Crippen molar-refractivity contribution >= 4 is 35.2 Å². The SMILES string of the molecule is Cc1cccc(C(CO)NC(=O)C(C)N2Cc3ccc(-c4nc(Nc5ccnn5C)ncc4Cl)c(F)c3C2=O)c1. The van der Waals surface area contributed by atoms with Crippen molar-refractivity contribution in [2.45, 2.75) is 32.5 Å². The van der Waals surface area contributed by atoms with Crippen LogP contribution in [0, 0.1) is 12.7 Å². The van der Waals surface area contributed by atoms with Gasteiger partial charge in [-0.15, -0.1) is 0 Å². The highest BCUT2D eigenvalue weighted by Gasteiger charge is 2.37. The van der Waals surface area contributed by atoms with Gasteiger partial charge < -0.3 is 20.6 Å². The van der Waals surface area contributed by atoms with E-state index in [2.05, 4.69) is 25.7 Å². The van der Waals surface area contributed by atoms with Crippen molar-refractivity contribution in [2.24, 2.45) is 7.05 Å². The lowest BCUT2D eigenvalue weighted by atomic mass is 10.0. The molecule has 0 radical (unpaired) electrons. The molecule has 40 heavy (non-hydrogen) atoms. The maximum Gasteiger partial charge on any atom is 0.258 e. The smallest absolute Gasteiger partial charge is 0.258 e. The Morgan fingerprint density at radius 2 is 2.05 bits per heavy atom.